The lowest BCUT2D eigenvalue weighted by molar-refractivity contribution is 0.164. The van der Waals surface area contributed by atoms with Crippen molar-refractivity contribution in [3.8, 4) is 0 Å². The molecule has 0 aliphatic rings. The number of hydrogen-bond acceptors (Lipinski definition) is 2. The van der Waals surface area contributed by atoms with Crippen LogP contribution in [0.2, 0.25) is 5.02 Å². The summed E-state index contributed by atoms with van der Waals surface area (Å²) >= 11 is 5.72. The van der Waals surface area contributed by atoms with Crippen LogP contribution in [0.5, 0.6) is 0 Å². The van der Waals surface area contributed by atoms with E-state index in [0.29, 0.717) is 23.4 Å². The van der Waals surface area contributed by atoms with Crippen molar-refractivity contribution in [2.75, 3.05) is 0 Å². The monoisotopic (exact) mass is 310 g/mol. The van der Waals surface area contributed by atoms with Crippen molar-refractivity contribution < 1.29 is 9.50 Å². The normalized spacial score (nSPS) is 12.7. The Kier molecular flexibility index (Phi) is 5.01. The average molecular weight is 311 g/mol. The van der Waals surface area contributed by atoms with E-state index in [0.717, 1.165) is 23.4 Å². The molecule has 0 saturated carbocycles. The summed E-state index contributed by atoms with van der Waals surface area (Å²) in [6.45, 7) is 3.98. The topological polar surface area (TPSA) is 38.0 Å². The molecule has 1 atom stereocenters. The molecule has 1 N–H and O–H groups in total. The number of benzene rings is 1. The second-order valence-corrected chi connectivity index (χ2v) is 5.84. The number of aliphatic hydroxyl groups is 1. The van der Waals surface area contributed by atoms with Crippen LogP contribution < -0.4 is 0 Å². The second kappa shape index (κ2) is 6.58. The summed E-state index contributed by atoms with van der Waals surface area (Å²) in [7, 11) is 1.91. The molecule has 5 heteroatoms. The Morgan fingerprint density at radius 2 is 2.10 bits per heavy atom. The third-order valence-corrected chi connectivity index (χ3v) is 4.09. The molecule has 1 aromatic heterocycles. The van der Waals surface area contributed by atoms with Crippen LogP contribution in [0.1, 0.15) is 28.9 Å². The third-order valence-electron chi connectivity index (χ3n) is 3.86. The Bertz CT molecular complexity index is 639. The van der Waals surface area contributed by atoms with E-state index < -0.39 is 6.10 Å². The highest BCUT2D eigenvalue weighted by Crippen LogP contribution is 2.19. The Balaban J connectivity index is 1.97. The van der Waals surface area contributed by atoms with Gasteiger partial charge >= 0.3 is 0 Å². The molecule has 0 amide bonds. The maximum Gasteiger partial charge on any atom is 0.127 e. The van der Waals surface area contributed by atoms with Crippen LogP contribution in [0, 0.1) is 19.7 Å². The van der Waals surface area contributed by atoms with E-state index in [4.69, 9.17) is 11.6 Å². The van der Waals surface area contributed by atoms with Crippen molar-refractivity contribution in [2.45, 2.75) is 39.2 Å². The molecule has 0 saturated heterocycles. The number of hydrogen-bond donors (Lipinski definition) is 1. The lowest BCUT2D eigenvalue weighted by Gasteiger charge is -2.12. The third kappa shape index (κ3) is 3.83. The molecule has 0 aliphatic heterocycles. The molecule has 1 aromatic carbocycles. The summed E-state index contributed by atoms with van der Waals surface area (Å²) in [5.74, 6) is -0.365. The molecule has 114 valence electrons. The van der Waals surface area contributed by atoms with Gasteiger partial charge in [0.25, 0.3) is 0 Å². The first-order valence-corrected chi connectivity index (χ1v) is 7.37. The molecule has 0 spiro atoms. The van der Waals surface area contributed by atoms with Gasteiger partial charge in [0.2, 0.25) is 0 Å². The molecule has 21 heavy (non-hydrogen) atoms. The van der Waals surface area contributed by atoms with Gasteiger partial charge in [0.05, 0.1) is 11.8 Å². The number of nitrogens with zero attached hydrogens (tertiary/aromatic N) is 2. The smallest absolute Gasteiger partial charge is 0.127 e. The zero-order valence-electron chi connectivity index (χ0n) is 12.5. The molecule has 1 unspecified atom stereocenters. The van der Waals surface area contributed by atoms with E-state index in [9.17, 15) is 9.50 Å². The van der Waals surface area contributed by atoms with Crippen molar-refractivity contribution >= 4 is 11.6 Å². The van der Waals surface area contributed by atoms with Crippen molar-refractivity contribution in [3.63, 3.8) is 0 Å². The lowest BCUT2D eigenvalue weighted by atomic mass is 10.00. The van der Waals surface area contributed by atoms with Gasteiger partial charge in [0.15, 0.2) is 0 Å². The first-order chi connectivity index (χ1) is 9.88. The zero-order valence-corrected chi connectivity index (χ0v) is 13.3. The van der Waals surface area contributed by atoms with Crippen LogP contribution in [0.25, 0.3) is 0 Å². The predicted octanol–water partition coefficient (Wildman–Crippen LogP) is 3.37. The van der Waals surface area contributed by atoms with Crippen molar-refractivity contribution in [1.29, 1.82) is 0 Å². The maximum absolute atomic E-state index is 13.7. The fourth-order valence-corrected chi connectivity index (χ4v) is 2.69. The molecule has 0 aliphatic carbocycles. The summed E-state index contributed by atoms with van der Waals surface area (Å²) in [6.07, 6.45) is 1.03. The van der Waals surface area contributed by atoms with Gasteiger partial charge in [-0.15, -0.1) is 0 Å². The van der Waals surface area contributed by atoms with Crippen molar-refractivity contribution in [1.82, 2.24) is 9.78 Å². The molecule has 2 aromatic rings. The minimum absolute atomic E-state index is 0.293. The molecule has 0 radical (unpaired) electrons. The van der Waals surface area contributed by atoms with E-state index in [1.807, 2.05) is 25.6 Å². The number of aryl methyl sites for hydroxylation is 2. The average Bonchev–Trinajstić information content (AvgIpc) is 2.65. The van der Waals surface area contributed by atoms with Crippen LogP contribution >= 0.6 is 11.6 Å². The highest BCUT2D eigenvalue weighted by Gasteiger charge is 2.14. The van der Waals surface area contributed by atoms with E-state index in [1.54, 1.807) is 12.1 Å². The van der Waals surface area contributed by atoms with E-state index >= 15 is 0 Å². The molecule has 1 heterocycles. The summed E-state index contributed by atoms with van der Waals surface area (Å²) in [4.78, 5) is 0. The number of halogens is 2. The predicted molar refractivity (Wildman–Crippen MR) is 82.1 cm³/mol. The van der Waals surface area contributed by atoms with Crippen LogP contribution in [0.3, 0.4) is 0 Å². The SMILES string of the molecule is Cc1nn(C)c(C)c1CCC(O)Cc1ccc(Cl)cc1F. The minimum atomic E-state index is -0.584. The summed E-state index contributed by atoms with van der Waals surface area (Å²) in [6, 6.07) is 4.54. The van der Waals surface area contributed by atoms with Gasteiger partial charge in [-0.3, -0.25) is 4.68 Å². The van der Waals surface area contributed by atoms with Gasteiger partial charge in [0, 0.05) is 24.2 Å². The largest absolute Gasteiger partial charge is 0.393 e. The molecule has 0 bridgehead atoms. The molecular weight excluding hydrogens is 291 g/mol. The Morgan fingerprint density at radius 3 is 2.67 bits per heavy atom. The standard InChI is InChI=1S/C16H20ClFN2O/c1-10-15(11(2)20(3)19-10)7-6-14(21)8-12-4-5-13(17)9-16(12)18/h4-5,9,14,21H,6-8H2,1-3H3. The zero-order chi connectivity index (χ0) is 15.6. The summed E-state index contributed by atoms with van der Waals surface area (Å²) < 4.78 is 15.5. The second-order valence-electron chi connectivity index (χ2n) is 5.41. The Labute approximate surface area is 129 Å². The first-order valence-electron chi connectivity index (χ1n) is 6.99. The first kappa shape index (κ1) is 16.0. The number of aromatic nitrogens is 2. The fourth-order valence-electron chi connectivity index (χ4n) is 2.53. The van der Waals surface area contributed by atoms with Gasteiger partial charge < -0.3 is 5.11 Å². The van der Waals surface area contributed by atoms with Gasteiger partial charge in [-0.25, -0.2) is 4.39 Å². The van der Waals surface area contributed by atoms with Crippen LogP contribution in [0.4, 0.5) is 4.39 Å². The van der Waals surface area contributed by atoms with Crippen molar-refractivity contribution in [2.24, 2.45) is 7.05 Å². The summed E-state index contributed by atoms with van der Waals surface area (Å²) in [5, 5.41) is 14.8. The highest BCUT2D eigenvalue weighted by molar-refractivity contribution is 6.30. The van der Waals surface area contributed by atoms with Crippen LogP contribution in [-0.2, 0) is 19.9 Å². The fraction of sp³-hybridized carbons (Fsp3) is 0.438. The lowest BCUT2D eigenvalue weighted by Crippen LogP contribution is -2.13. The van der Waals surface area contributed by atoms with E-state index in [1.165, 1.54) is 6.07 Å². The van der Waals surface area contributed by atoms with E-state index in [-0.39, 0.29) is 5.82 Å². The maximum atomic E-state index is 13.7. The van der Waals surface area contributed by atoms with E-state index in [2.05, 4.69) is 5.10 Å². The molecular formula is C16H20ClFN2O. The van der Waals surface area contributed by atoms with Crippen LogP contribution in [0.15, 0.2) is 18.2 Å². The molecule has 3 nitrogen and oxygen atoms in total. The Hall–Kier alpha value is -1.39. The minimum Gasteiger partial charge on any atom is -0.393 e. The van der Waals surface area contributed by atoms with Gasteiger partial charge in [-0.05, 0) is 49.9 Å². The molecule has 0 fully saturated rings. The Morgan fingerprint density at radius 1 is 1.38 bits per heavy atom. The van der Waals surface area contributed by atoms with Gasteiger partial charge in [-0.2, -0.15) is 5.10 Å². The van der Waals surface area contributed by atoms with Gasteiger partial charge in [-0.1, -0.05) is 17.7 Å². The van der Waals surface area contributed by atoms with Crippen molar-refractivity contribution in [3.05, 3.63) is 51.6 Å². The van der Waals surface area contributed by atoms with Crippen LogP contribution in [-0.4, -0.2) is 21.0 Å². The van der Waals surface area contributed by atoms with Gasteiger partial charge in [0.1, 0.15) is 5.82 Å². The highest BCUT2D eigenvalue weighted by atomic mass is 35.5. The quantitative estimate of drug-likeness (QED) is 0.919. The number of rotatable bonds is 5. The summed E-state index contributed by atoms with van der Waals surface area (Å²) in [5.41, 5.74) is 3.75. The number of aliphatic hydroxyl groups excluding tert-OH is 1. The molecule has 2 rings (SSSR count).